The van der Waals surface area contributed by atoms with Crippen molar-refractivity contribution < 1.29 is 40.2 Å². The lowest BCUT2D eigenvalue weighted by Gasteiger charge is -2.16. The van der Waals surface area contributed by atoms with Crippen molar-refractivity contribution in [3.8, 4) is 5.75 Å². The molecule has 0 heterocycles. The number of aliphatic hydroxyl groups excluding tert-OH is 5. The van der Waals surface area contributed by atoms with E-state index in [0.29, 0.717) is 12.0 Å². The standard InChI is InChI=1S/C30H42O8/c1-21(17-26(34)19-24(32)14-10-15-25(33)20-27(35)18-22(2)31)11-7-5-4-6-8-12-23-13-9-16-28(36)29(23)30(37)38-3/h4-14,16,22,24-27,31-36H,15,17-20H2,1-3H3/b6-4+,7-5+,12-8-,14-10+,21-11+/t22-,24-,25+,26+,27+/m1/s1. The number of aliphatic hydroxyl groups is 5. The van der Waals surface area contributed by atoms with Crippen molar-refractivity contribution in [2.24, 2.45) is 0 Å². The molecule has 1 aromatic carbocycles. The van der Waals surface area contributed by atoms with Crippen LogP contribution in [0.25, 0.3) is 6.08 Å². The first-order chi connectivity index (χ1) is 18.0. The van der Waals surface area contributed by atoms with Crippen LogP contribution in [-0.4, -0.2) is 74.2 Å². The highest BCUT2D eigenvalue weighted by Gasteiger charge is 2.15. The highest BCUT2D eigenvalue weighted by Crippen LogP contribution is 2.23. The van der Waals surface area contributed by atoms with E-state index in [1.165, 1.54) is 19.3 Å². The molecule has 0 amide bonds. The predicted octanol–water partition coefficient (Wildman–Crippen LogP) is 3.58. The van der Waals surface area contributed by atoms with E-state index in [-0.39, 0.29) is 37.0 Å². The number of benzene rings is 1. The molecule has 0 aliphatic rings. The second kappa shape index (κ2) is 18.3. The molecule has 0 fully saturated rings. The number of hydrogen-bond acceptors (Lipinski definition) is 8. The van der Waals surface area contributed by atoms with Gasteiger partial charge < -0.3 is 35.4 Å². The quantitative estimate of drug-likeness (QED) is 0.108. The van der Waals surface area contributed by atoms with E-state index in [1.807, 2.05) is 25.2 Å². The van der Waals surface area contributed by atoms with Gasteiger partial charge in [-0.2, -0.15) is 0 Å². The fourth-order valence-corrected chi connectivity index (χ4v) is 3.77. The normalized spacial score (nSPS) is 16.9. The third-order valence-corrected chi connectivity index (χ3v) is 5.56. The van der Waals surface area contributed by atoms with Crippen LogP contribution in [-0.2, 0) is 4.74 Å². The summed E-state index contributed by atoms with van der Waals surface area (Å²) in [6.07, 6.45) is 13.0. The lowest BCUT2D eigenvalue weighted by Crippen LogP contribution is -2.21. The molecule has 0 aromatic heterocycles. The zero-order valence-electron chi connectivity index (χ0n) is 22.4. The Morgan fingerprint density at radius 2 is 1.61 bits per heavy atom. The second-order valence-electron chi connectivity index (χ2n) is 9.33. The summed E-state index contributed by atoms with van der Waals surface area (Å²) in [6.45, 7) is 3.46. The van der Waals surface area contributed by atoms with Gasteiger partial charge in [-0.25, -0.2) is 4.79 Å². The predicted molar refractivity (Wildman–Crippen MR) is 148 cm³/mol. The maximum Gasteiger partial charge on any atom is 0.342 e. The zero-order chi connectivity index (χ0) is 28.5. The molecule has 6 N–H and O–H groups in total. The Morgan fingerprint density at radius 1 is 0.921 bits per heavy atom. The number of esters is 1. The first kappa shape index (κ1) is 33.0. The number of allylic oxidation sites excluding steroid dienone is 6. The molecule has 210 valence electrons. The summed E-state index contributed by atoms with van der Waals surface area (Å²) in [5, 5.41) is 59.2. The number of carbonyl (C=O) groups excluding carboxylic acids is 1. The van der Waals surface area contributed by atoms with Gasteiger partial charge in [-0.3, -0.25) is 0 Å². The van der Waals surface area contributed by atoms with Gasteiger partial charge >= 0.3 is 5.97 Å². The van der Waals surface area contributed by atoms with E-state index in [1.54, 1.807) is 49.4 Å². The first-order valence-electron chi connectivity index (χ1n) is 12.7. The topological polar surface area (TPSA) is 148 Å². The first-order valence-corrected chi connectivity index (χ1v) is 12.7. The van der Waals surface area contributed by atoms with E-state index in [0.717, 1.165) is 5.57 Å². The van der Waals surface area contributed by atoms with Crippen LogP contribution in [0.5, 0.6) is 5.75 Å². The van der Waals surface area contributed by atoms with Gasteiger partial charge in [0.05, 0.1) is 37.6 Å². The van der Waals surface area contributed by atoms with Crippen molar-refractivity contribution in [3.05, 3.63) is 83.5 Å². The highest BCUT2D eigenvalue weighted by molar-refractivity contribution is 5.96. The molecule has 0 aliphatic heterocycles. The summed E-state index contributed by atoms with van der Waals surface area (Å²) in [6, 6.07) is 4.77. The average Bonchev–Trinajstić information content (AvgIpc) is 2.82. The average molecular weight is 531 g/mol. The van der Waals surface area contributed by atoms with Crippen LogP contribution in [0.3, 0.4) is 0 Å². The molecule has 0 spiro atoms. The summed E-state index contributed by atoms with van der Waals surface area (Å²) in [5.41, 5.74) is 1.57. The van der Waals surface area contributed by atoms with E-state index >= 15 is 0 Å². The van der Waals surface area contributed by atoms with Crippen LogP contribution in [0, 0.1) is 0 Å². The molecule has 0 unspecified atom stereocenters. The number of aromatic hydroxyl groups is 1. The molecule has 1 aromatic rings. The Bertz CT molecular complexity index is 990. The molecular formula is C30H42O8. The molecule has 5 atom stereocenters. The maximum atomic E-state index is 11.8. The Hall–Kier alpha value is -3.01. The van der Waals surface area contributed by atoms with Gasteiger partial charge in [0, 0.05) is 6.42 Å². The molecule has 38 heavy (non-hydrogen) atoms. The Morgan fingerprint density at radius 3 is 2.29 bits per heavy atom. The number of rotatable bonds is 16. The third kappa shape index (κ3) is 14.1. The summed E-state index contributed by atoms with van der Waals surface area (Å²) in [5.74, 6) is -0.758. The Balaban J connectivity index is 2.45. The van der Waals surface area contributed by atoms with Crippen molar-refractivity contribution in [2.75, 3.05) is 7.11 Å². The van der Waals surface area contributed by atoms with Crippen LogP contribution in [0.4, 0.5) is 0 Å². The van der Waals surface area contributed by atoms with Crippen molar-refractivity contribution >= 4 is 12.0 Å². The number of phenolic OH excluding ortho intramolecular Hbond substituents is 1. The van der Waals surface area contributed by atoms with Crippen molar-refractivity contribution in [1.82, 2.24) is 0 Å². The van der Waals surface area contributed by atoms with Crippen molar-refractivity contribution in [1.29, 1.82) is 0 Å². The van der Waals surface area contributed by atoms with Gasteiger partial charge in [-0.05, 0) is 51.2 Å². The smallest absolute Gasteiger partial charge is 0.342 e. The van der Waals surface area contributed by atoms with E-state index in [4.69, 9.17) is 4.74 Å². The summed E-state index contributed by atoms with van der Waals surface area (Å²) in [4.78, 5) is 11.8. The molecule has 0 aliphatic carbocycles. The zero-order valence-corrected chi connectivity index (χ0v) is 22.4. The molecule has 0 bridgehead atoms. The minimum Gasteiger partial charge on any atom is -0.507 e. The lowest BCUT2D eigenvalue weighted by molar-refractivity contribution is 0.0459. The monoisotopic (exact) mass is 530 g/mol. The lowest BCUT2D eigenvalue weighted by atomic mass is 10.0. The van der Waals surface area contributed by atoms with Gasteiger partial charge in [0.15, 0.2) is 0 Å². The molecule has 8 heteroatoms. The molecule has 1 rings (SSSR count). The number of phenols is 1. The number of ether oxygens (including phenoxy) is 1. The van der Waals surface area contributed by atoms with Gasteiger partial charge in [-0.1, -0.05) is 72.4 Å². The SMILES string of the molecule is COC(=O)c1c(O)cccc1\C=C/C=C/C=C/C=C(\C)C[C@H](O)C[C@H](O)/C=C/C[C@H](O)C[C@@H](O)C[C@@H](C)O. The van der Waals surface area contributed by atoms with Crippen LogP contribution in [0.15, 0.2) is 72.4 Å². The maximum absolute atomic E-state index is 11.8. The fraction of sp³-hybridized carbons (Fsp3) is 0.433. The van der Waals surface area contributed by atoms with Gasteiger partial charge in [-0.15, -0.1) is 0 Å². The van der Waals surface area contributed by atoms with Crippen LogP contribution < -0.4 is 0 Å². The minimum atomic E-state index is -0.858. The minimum absolute atomic E-state index is 0.106. The van der Waals surface area contributed by atoms with Crippen molar-refractivity contribution in [3.63, 3.8) is 0 Å². The summed E-state index contributed by atoms with van der Waals surface area (Å²) < 4.78 is 4.71. The molecule has 0 saturated carbocycles. The molecule has 8 nitrogen and oxygen atoms in total. The molecule has 0 radical (unpaired) electrons. The van der Waals surface area contributed by atoms with E-state index in [9.17, 15) is 35.4 Å². The van der Waals surface area contributed by atoms with Crippen molar-refractivity contribution in [2.45, 2.75) is 76.5 Å². The molecule has 0 saturated heterocycles. The number of hydrogen-bond donors (Lipinski definition) is 6. The number of methoxy groups -OCH3 is 1. The largest absolute Gasteiger partial charge is 0.507 e. The Kier molecular flexibility index (Phi) is 15.9. The fourth-order valence-electron chi connectivity index (χ4n) is 3.77. The highest BCUT2D eigenvalue weighted by atomic mass is 16.5. The van der Waals surface area contributed by atoms with E-state index in [2.05, 4.69) is 0 Å². The van der Waals surface area contributed by atoms with E-state index < -0.39 is 36.5 Å². The number of carbonyl (C=O) groups is 1. The van der Waals surface area contributed by atoms with Crippen LogP contribution in [0.1, 0.15) is 61.9 Å². The van der Waals surface area contributed by atoms with Crippen LogP contribution >= 0.6 is 0 Å². The second-order valence-corrected chi connectivity index (χ2v) is 9.33. The summed E-state index contributed by atoms with van der Waals surface area (Å²) in [7, 11) is 1.26. The van der Waals surface area contributed by atoms with Gasteiger partial charge in [0.1, 0.15) is 11.3 Å². The van der Waals surface area contributed by atoms with Gasteiger partial charge in [0.2, 0.25) is 0 Å². The molecular weight excluding hydrogens is 488 g/mol. The Labute approximate surface area is 225 Å². The third-order valence-electron chi connectivity index (χ3n) is 5.56. The van der Waals surface area contributed by atoms with Crippen LogP contribution in [0.2, 0.25) is 0 Å². The summed E-state index contributed by atoms with van der Waals surface area (Å²) >= 11 is 0. The van der Waals surface area contributed by atoms with Gasteiger partial charge in [0.25, 0.3) is 0 Å².